The number of carbonyl (C=O) groups excluding carboxylic acids is 1. The number of rotatable bonds is 1. The molecule has 1 heterocycles. The van der Waals surface area contributed by atoms with Crippen LogP contribution < -0.4 is 5.32 Å². The maximum atomic E-state index is 11.1. The summed E-state index contributed by atoms with van der Waals surface area (Å²) in [6.07, 6.45) is 0.839. The second-order valence-electron chi connectivity index (χ2n) is 3.17. The highest BCUT2D eigenvalue weighted by molar-refractivity contribution is 5.87. The van der Waals surface area contributed by atoms with Crippen LogP contribution in [0.5, 0.6) is 0 Å². The molecule has 1 unspecified atom stereocenters. The van der Waals surface area contributed by atoms with Gasteiger partial charge in [0, 0.05) is 12.1 Å². The van der Waals surface area contributed by atoms with Crippen molar-refractivity contribution in [1.29, 1.82) is 0 Å². The lowest BCUT2D eigenvalue weighted by atomic mass is 10.1. The summed E-state index contributed by atoms with van der Waals surface area (Å²) in [5, 5.41) is 3.18. The summed E-state index contributed by atoms with van der Waals surface area (Å²) < 4.78 is 0. The Bertz CT molecular complexity index is 295. The first kappa shape index (κ1) is 10.8. The Kier molecular flexibility index (Phi) is 3.69. The molecule has 1 aliphatic rings. The van der Waals surface area contributed by atoms with Gasteiger partial charge < -0.3 is 5.32 Å². The number of ketones is 1. The minimum atomic E-state index is 0.00222. The van der Waals surface area contributed by atoms with E-state index >= 15 is 0 Å². The number of hydrogen-bond acceptors (Lipinski definition) is 2. The quantitative estimate of drug-likeness (QED) is 0.739. The van der Waals surface area contributed by atoms with E-state index in [1.165, 1.54) is 5.56 Å². The molecule has 0 saturated carbocycles. The molecular formula is C12H17NO. The molecule has 1 aliphatic heterocycles. The van der Waals surface area contributed by atoms with E-state index in [2.05, 4.69) is 11.4 Å². The zero-order chi connectivity index (χ0) is 10.6. The molecule has 2 nitrogen and oxygen atoms in total. The van der Waals surface area contributed by atoms with Crippen LogP contribution in [0.1, 0.15) is 26.3 Å². The van der Waals surface area contributed by atoms with Crippen LogP contribution in [0.2, 0.25) is 0 Å². The van der Waals surface area contributed by atoms with Crippen molar-refractivity contribution in [2.75, 3.05) is 5.32 Å². The molecule has 2 rings (SSSR count). The van der Waals surface area contributed by atoms with E-state index in [4.69, 9.17) is 0 Å². The Morgan fingerprint density at radius 3 is 2.57 bits per heavy atom. The highest BCUT2D eigenvalue weighted by Crippen LogP contribution is 2.25. The summed E-state index contributed by atoms with van der Waals surface area (Å²) in [6.45, 7) is 5.63. The van der Waals surface area contributed by atoms with Gasteiger partial charge in [-0.25, -0.2) is 0 Å². The van der Waals surface area contributed by atoms with Gasteiger partial charge in [0.1, 0.15) is 0 Å². The molecule has 76 valence electrons. The number of anilines is 1. The fourth-order valence-electron chi connectivity index (χ4n) is 1.54. The monoisotopic (exact) mass is 191 g/mol. The summed E-state index contributed by atoms with van der Waals surface area (Å²) >= 11 is 0. The molecule has 0 saturated heterocycles. The molecule has 0 spiro atoms. The average molecular weight is 191 g/mol. The summed E-state index contributed by atoms with van der Waals surface area (Å²) in [6, 6.07) is 8.06. The number of hydrogen-bond donors (Lipinski definition) is 1. The van der Waals surface area contributed by atoms with E-state index in [0.29, 0.717) is 0 Å². The molecule has 14 heavy (non-hydrogen) atoms. The van der Waals surface area contributed by atoms with Gasteiger partial charge in [0.25, 0.3) is 0 Å². The minimum Gasteiger partial charge on any atom is -0.375 e. The van der Waals surface area contributed by atoms with Crippen molar-refractivity contribution in [3.8, 4) is 0 Å². The molecule has 0 bridgehead atoms. The van der Waals surface area contributed by atoms with Crippen LogP contribution in [0.3, 0.4) is 0 Å². The van der Waals surface area contributed by atoms with Crippen LogP contribution in [0.4, 0.5) is 5.69 Å². The van der Waals surface area contributed by atoms with E-state index in [1.807, 2.05) is 32.0 Å². The van der Waals surface area contributed by atoms with Gasteiger partial charge in [0.05, 0.1) is 6.04 Å². The second kappa shape index (κ2) is 4.80. The predicted octanol–water partition coefficient (Wildman–Crippen LogP) is 2.64. The predicted molar refractivity (Wildman–Crippen MR) is 59.6 cm³/mol. The zero-order valence-electron chi connectivity index (χ0n) is 9.00. The Morgan fingerprint density at radius 2 is 2.00 bits per heavy atom. The zero-order valence-corrected chi connectivity index (χ0v) is 9.00. The fraction of sp³-hybridized carbons (Fsp3) is 0.417. The van der Waals surface area contributed by atoms with Gasteiger partial charge in [0.2, 0.25) is 0 Å². The van der Waals surface area contributed by atoms with Gasteiger partial charge in [-0.05, 0) is 18.6 Å². The van der Waals surface area contributed by atoms with Crippen molar-refractivity contribution in [2.24, 2.45) is 0 Å². The van der Waals surface area contributed by atoms with Gasteiger partial charge >= 0.3 is 0 Å². The summed E-state index contributed by atoms with van der Waals surface area (Å²) in [4.78, 5) is 11.1. The molecule has 0 radical (unpaired) electrons. The van der Waals surface area contributed by atoms with E-state index in [1.54, 1.807) is 6.92 Å². The number of para-hydroxylation sites is 1. The highest BCUT2D eigenvalue weighted by Gasteiger charge is 2.22. The number of nitrogens with one attached hydrogen (secondary N) is 1. The van der Waals surface area contributed by atoms with Crippen LogP contribution in [0, 0.1) is 0 Å². The maximum absolute atomic E-state index is 11.1. The molecule has 0 fully saturated rings. The van der Waals surface area contributed by atoms with Crippen LogP contribution in [-0.2, 0) is 11.2 Å². The van der Waals surface area contributed by atoms with E-state index in [-0.39, 0.29) is 11.8 Å². The summed E-state index contributed by atoms with van der Waals surface area (Å²) in [5.74, 6) is 0.214. The molecule has 1 N–H and O–H groups in total. The summed E-state index contributed by atoms with van der Waals surface area (Å²) in [7, 11) is 0. The molecule has 0 aliphatic carbocycles. The third kappa shape index (κ3) is 2.13. The maximum Gasteiger partial charge on any atom is 0.152 e. The molecular weight excluding hydrogens is 174 g/mol. The third-order valence-corrected chi connectivity index (χ3v) is 2.26. The molecule has 0 aromatic heterocycles. The van der Waals surface area contributed by atoms with Crippen LogP contribution in [0.25, 0.3) is 0 Å². The average Bonchev–Trinajstić information content (AvgIpc) is 2.64. The SMILES string of the molecule is CC.CC(=O)C1Cc2ccccc2N1. The van der Waals surface area contributed by atoms with E-state index < -0.39 is 0 Å². The van der Waals surface area contributed by atoms with Gasteiger partial charge in [-0.1, -0.05) is 32.0 Å². The first-order chi connectivity index (χ1) is 6.77. The van der Waals surface area contributed by atoms with Crippen molar-refractivity contribution < 1.29 is 4.79 Å². The number of fused-ring (bicyclic) bond motifs is 1. The van der Waals surface area contributed by atoms with Gasteiger partial charge in [0.15, 0.2) is 5.78 Å². The number of Topliss-reactive ketones (excluding diaryl/α,β-unsaturated/α-hetero) is 1. The molecule has 1 aromatic carbocycles. The molecule has 2 heteroatoms. The van der Waals surface area contributed by atoms with Crippen molar-refractivity contribution in [3.63, 3.8) is 0 Å². The van der Waals surface area contributed by atoms with Crippen LogP contribution in [0.15, 0.2) is 24.3 Å². The first-order valence-electron chi connectivity index (χ1n) is 5.12. The third-order valence-electron chi connectivity index (χ3n) is 2.26. The van der Waals surface area contributed by atoms with Gasteiger partial charge in [-0.3, -0.25) is 4.79 Å². The topological polar surface area (TPSA) is 29.1 Å². The summed E-state index contributed by atoms with van der Waals surface area (Å²) in [5.41, 5.74) is 2.36. The van der Waals surface area contributed by atoms with Crippen LogP contribution >= 0.6 is 0 Å². The Labute approximate surface area is 85.3 Å². The van der Waals surface area contributed by atoms with Crippen LogP contribution in [-0.4, -0.2) is 11.8 Å². The fourth-order valence-corrected chi connectivity index (χ4v) is 1.54. The van der Waals surface area contributed by atoms with Gasteiger partial charge in [-0.15, -0.1) is 0 Å². The van der Waals surface area contributed by atoms with Crippen molar-refractivity contribution >= 4 is 11.5 Å². The lowest BCUT2D eigenvalue weighted by Crippen LogP contribution is -2.23. The normalized spacial score (nSPS) is 17.5. The van der Waals surface area contributed by atoms with E-state index in [9.17, 15) is 4.79 Å². The smallest absolute Gasteiger partial charge is 0.152 e. The molecule has 0 amide bonds. The van der Waals surface area contributed by atoms with Gasteiger partial charge in [-0.2, -0.15) is 0 Å². The Balaban J connectivity index is 0.000000461. The van der Waals surface area contributed by atoms with Crippen molar-refractivity contribution in [3.05, 3.63) is 29.8 Å². The number of carbonyl (C=O) groups is 1. The lowest BCUT2D eigenvalue weighted by Gasteiger charge is -2.04. The van der Waals surface area contributed by atoms with E-state index in [0.717, 1.165) is 12.1 Å². The molecule has 1 aromatic rings. The standard InChI is InChI=1S/C10H11NO.C2H6/c1-7(12)10-6-8-4-2-3-5-9(8)11-10;1-2/h2-5,10-11H,6H2,1H3;1-2H3. The van der Waals surface area contributed by atoms with Crippen molar-refractivity contribution in [1.82, 2.24) is 0 Å². The Morgan fingerprint density at radius 1 is 1.36 bits per heavy atom. The lowest BCUT2D eigenvalue weighted by molar-refractivity contribution is -0.117. The second-order valence-corrected chi connectivity index (χ2v) is 3.17. The largest absolute Gasteiger partial charge is 0.375 e. The van der Waals surface area contributed by atoms with Crippen molar-refractivity contribution in [2.45, 2.75) is 33.2 Å². The number of benzene rings is 1. The highest BCUT2D eigenvalue weighted by atomic mass is 16.1. The minimum absolute atomic E-state index is 0.00222. The molecule has 1 atom stereocenters. The Hall–Kier alpha value is -1.31. The first-order valence-corrected chi connectivity index (χ1v) is 5.12.